The van der Waals surface area contributed by atoms with Gasteiger partial charge in [0, 0.05) is 11.5 Å². The molecule has 0 aliphatic heterocycles. The predicted molar refractivity (Wildman–Crippen MR) is 63.6 cm³/mol. The predicted octanol–water partition coefficient (Wildman–Crippen LogP) is 3.00. The molecule has 0 spiro atoms. The van der Waals surface area contributed by atoms with Gasteiger partial charge in [-0.25, -0.2) is 4.39 Å². The third kappa shape index (κ3) is 1.75. The van der Waals surface area contributed by atoms with Crippen LogP contribution < -0.4 is 14.2 Å². The number of benzene rings is 2. The highest BCUT2D eigenvalue weighted by Crippen LogP contribution is 2.40. The fraction of sp³-hybridized carbons (Fsp3) is 0.231. The third-order valence-corrected chi connectivity index (χ3v) is 2.64. The van der Waals surface area contributed by atoms with Crippen molar-refractivity contribution in [3.8, 4) is 17.2 Å². The van der Waals surface area contributed by atoms with E-state index in [1.165, 1.54) is 27.4 Å². The molecule has 0 saturated heterocycles. The van der Waals surface area contributed by atoms with E-state index in [1.807, 2.05) is 12.1 Å². The topological polar surface area (TPSA) is 27.7 Å². The van der Waals surface area contributed by atoms with E-state index in [4.69, 9.17) is 14.2 Å². The fourth-order valence-corrected chi connectivity index (χ4v) is 1.89. The number of halogens is 1. The molecular formula is C13H13FO3. The maximum absolute atomic E-state index is 13.8. The van der Waals surface area contributed by atoms with Gasteiger partial charge in [0.2, 0.25) is 0 Å². The van der Waals surface area contributed by atoms with Crippen LogP contribution in [-0.2, 0) is 0 Å². The molecule has 0 aliphatic rings. The van der Waals surface area contributed by atoms with E-state index in [2.05, 4.69) is 0 Å². The minimum absolute atomic E-state index is 0.165. The summed E-state index contributed by atoms with van der Waals surface area (Å²) in [6.07, 6.45) is 0. The second-order valence-electron chi connectivity index (χ2n) is 3.48. The lowest BCUT2D eigenvalue weighted by molar-refractivity contribution is 0.379. The molecule has 2 rings (SSSR count). The standard InChI is InChI=1S/C13H13FO3/c1-15-10-6-4-5-8-11(16-2)7-9(14)13(17-3)12(8)10/h4-7H,1-3H3. The van der Waals surface area contributed by atoms with Crippen LogP contribution in [0.1, 0.15) is 0 Å². The van der Waals surface area contributed by atoms with Crippen LogP contribution in [0.15, 0.2) is 24.3 Å². The molecule has 3 nitrogen and oxygen atoms in total. The van der Waals surface area contributed by atoms with E-state index in [-0.39, 0.29) is 5.75 Å². The molecule has 17 heavy (non-hydrogen) atoms. The van der Waals surface area contributed by atoms with Crippen LogP contribution in [-0.4, -0.2) is 21.3 Å². The number of ether oxygens (including phenoxy) is 3. The van der Waals surface area contributed by atoms with Crippen molar-refractivity contribution >= 4 is 10.8 Å². The van der Waals surface area contributed by atoms with Gasteiger partial charge in [-0.15, -0.1) is 0 Å². The second-order valence-corrected chi connectivity index (χ2v) is 3.48. The monoisotopic (exact) mass is 236 g/mol. The van der Waals surface area contributed by atoms with Crippen LogP contribution in [0.3, 0.4) is 0 Å². The minimum Gasteiger partial charge on any atom is -0.496 e. The molecule has 0 aliphatic carbocycles. The normalized spacial score (nSPS) is 10.4. The number of hydrogen-bond donors (Lipinski definition) is 0. The molecule has 0 aromatic heterocycles. The maximum atomic E-state index is 13.8. The van der Waals surface area contributed by atoms with Crippen molar-refractivity contribution < 1.29 is 18.6 Å². The first kappa shape index (κ1) is 11.5. The Morgan fingerprint density at radius 3 is 2.24 bits per heavy atom. The minimum atomic E-state index is -0.471. The first-order valence-corrected chi connectivity index (χ1v) is 5.10. The van der Waals surface area contributed by atoms with Crippen LogP contribution in [0.5, 0.6) is 17.2 Å². The van der Waals surface area contributed by atoms with Gasteiger partial charge >= 0.3 is 0 Å². The number of fused-ring (bicyclic) bond motifs is 1. The summed E-state index contributed by atoms with van der Waals surface area (Å²) in [5, 5.41) is 1.33. The van der Waals surface area contributed by atoms with Crippen molar-refractivity contribution in [3.63, 3.8) is 0 Å². The van der Waals surface area contributed by atoms with Crippen molar-refractivity contribution in [1.29, 1.82) is 0 Å². The molecule has 4 heteroatoms. The van der Waals surface area contributed by atoms with Gasteiger partial charge in [-0.3, -0.25) is 0 Å². The highest BCUT2D eigenvalue weighted by Gasteiger charge is 2.16. The summed E-state index contributed by atoms with van der Waals surface area (Å²) >= 11 is 0. The molecule has 0 N–H and O–H groups in total. The molecule has 0 atom stereocenters. The summed E-state index contributed by atoms with van der Waals surface area (Å²) in [4.78, 5) is 0. The van der Waals surface area contributed by atoms with Gasteiger partial charge in [0.25, 0.3) is 0 Å². The van der Waals surface area contributed by atoms with Crippen molar-refractivity contribution in [2.75, 3.05) is 21.3 Å². The zero-order chi connectivity index (χ0) is 12.4. The third-order valence-electron chi connectivity index (χ3n) is 2.64. The summed E-state index contributed by atoms with van der Waals surface area (Å²) < 4.78 is 29.3. The van der Waals surface area contributed by atoms with E-state index in [0.29, 0.717) is 16.9 Å². The molecule has 0 fully saturated rings. The lowest BCUT2D eigenvalue weighted by Crippen LogP contribution is -1.95. The second kappa shape index (κ2) is 4.49. The first-order valence-electron chi connectivity index (χ1n) is 5.10. The van der Waals surface area contributed by atoms with Crippen LogP contribution in [0.25, 0.3) is 10.8 Å². The lowest BCUT2D eigenvalue weighted by atomic mass is 10.1. The van der Waals surface area contributed by atoms with Crippen molar-refractivity contribution in [1.82, 2.24) is 0 Å². The highest BCUT2D eigenvalue weighted by atomic mass is 19.1. The average molecular weight is 236 g/mol. The fourth-order valence-electron chi connectivity index (χ4n) is 1.89. The highest BCUT2D eigenvalue weighted by molar-refractivity contribution is 5.98. The van der Waals surface area contributed by atoms with Crippen LogP contribution in [0.4, 0.5) is 4.39 Å². The smallest absolute Gasteiger partial charge is 0.169 e. The van der Waals surface area contributed by atoms with Gasteiger partial charge in [-0.1, -0.05) is 12.1 Å². The van der Waals surface area contributed by atoms with E-state index < -0.39 is 5.82 Å². The zero-order valence-corrected chi connectivity index (χ0v) is 9.91. The summed E-state index contributed by atoms with van der Waals surface area (Å²) in [6, 6.07) is 6.71. The van der Waals surface area contributed by atoms with Gasteiger partial charge in [0.05, 0.1) is 26.7 Å². The summed E-state index contributed by atoms with van der Waals surface area (Å²) in [5.74, 6) is 0.703. The average Bonchev–Trinajstić information content (AvgIpc) is 2.37. The van der Waals surface area contributed by atoms with E-state index in [0.717, 1.165) is 5.39 Å². The quantitative estimate of drug-likeness (QED) is 0.819. The number of rotatable bonds is 3. The molecule has 0 radical (unpaired) electrons. The molecule has 0 unspecified atom stereocenters. The number of methoxy groups -OCH3 is 3. The zero-order valence-electron chi connectivity index (χ0n) is 9.91. The van der Waals surface area contributed by atoms with Crippen molar-refractivity contribution in [3.05, 3.63) is 30.1 Å². The Labute approximate surface area is 98.7 Å². The Bertz CT molecular complexity index is 552. The molecule has 0 bridgehead atoms. The molecule has 0 amide bonds. The largest absolute Gasteiger partial charge is 0.496 e. The van der Waals surface area contributed by atoms with E-state index in [1.54, 1.807) is 6.07 Å². The van der Waals surface area contributed by atoms with Crippen LogP contribution in [0, 0.1) is 5.82 Å². The Kier molecular flexibility index (Phi) is 3.04. The molecule has 0 heterocycles. The first-order chi connectivity index (χ1) is 8.22. The van der Waals surface area contributed by atoms with E-state index >= 15 is 0 Å². The van der Waals surface area contributed by atoms with Crippen molar-refractivity contribution in [2.45, 2.75) is 0 Å². The van der Waals surface area contributed by atoms with Gasteiger partial charge < -0.3 is 14.2 Å². The molecular weight excluding hydrogens is 223 g/mol. The van der Waals surface area contributed by atoms with Gasteiger partial charge in [-0.05, 0) is 6.07 Å². The van der Waals surface area contributed by atoms with Crippen LogP contribution >= 0.6 is 0 Å². The molecule has 2 aromatic carbocycles. The van der Waals surface area contributed by atoms with Gasteiger partial charge in [0.15, 0.2) is 11.6 Å². The van der Waals surface area contributed by atoms with E-state index in [9.17, 15) is 4.39 Å². The van der Waals surface area contributed by atoms with Crippen molar-refractivity contribution in [2.24, 2.45) is 0 Å². The van der Waals surface area contributed by atoms with Gasteiger partial charge in [0.1, 0.15) is 11.5 Å². The Morgan fingerprint density at radius 2 is 1.65 bits per heavy atom. The van der Waals surface area contributed by atoms with Gasteiger partial charge in [-0.2, -0.15) is 0 Å². The Hall–Kier alpha value is -1.97. The van der Waals surface area contributed by atoms with Crippen LogP contribution in [0.2, 0.25) is 0 Å². The lowest BCUT2D eigenvalue weighted by Gasteiger charge is -2.13. The Balaban J connectivity index is 2.92. The Morgan fingerprint density at radius 1 is 0.941 bits per heavy atom. The molecule has 0 saturated carbocycles. The molecule has 2 aromatic rings. The molecule has 90 valence electrons. The number of hydrogen-bond acceptors (Lipinski definition) is 3. The summed E-state index contributed by atoms with van der Waals surface area (Å²) in [6.45, 7) is 0. The SMILES string of the molecule is COc1cc(F)c(OC)c2c(OC)cccc12. The summed E-state index contributed by atoms with van der Waals surface area (Å²) in [5.41, 5.74) is 0. The maximum Gasteiger partial charge on any atom is 0.169 e. The summed E-state index contributed by atoms with van der Waals surface area (Å²) in [7, 11) is 4.46.